The molecule has 0 saturated heterocycles. The quantitative estimate of drug-likeness (QED) is 0.773. The molecule has 0 bridgehead atoms. The van der Waals surface area contributed by atoms with Crippen LogP contribution in [0.4, 0.5) is 17.6 Å². The minimum absolute atomic E-state index is 0.0619. The van der Waals surface area contributed by atoms with Crippen molar-refractivity contribution in [3.8, 4) is 11.8 Å². The van der Waals surface area contributed by atoms with Gasteiger partial charge in [0.05, 0.1) is 20.8 Å². The number of aromatic nitrogens is 4. The second-order valence-electron chi connectivity index (χ2n) is 4.72. The molecule has 0 aromatic carbocycles. The van der Waals surface area contributed by atoms with Crippen molar-refractivity contribution in [2.75, 3.05) is 14.2 Å². The van der Waals surface area contributed by atoms with E-state index >= 15 is 0 Å². The van der Waals surface area contributed by atoms with Gasteiger partial charge < -0.3 is 14.6 Å². The van der Waals surface area contributed by atoms with Crippen LogP contribution in [0.2, 0.25) is 0 Å². The Morgan fingerprint density at radius 3 is 1.62 bits per heavy atom. The summed E-state index contributed by atoms with van der Waals surface area (Å²) in [6.45, 7) is 1.44. The third kappa shape index (κ3) is 5.76. The smallest absolute Gasteiger partial charge is 0.282 e. The molecule has 1 N–H and O–H groups in total. The highest BCUT2D eigenvalue weighted by Crippen LogP contribution is 2.22. The lowest BCUT2D eigenvalue weighted by molar-refractivity contribution is 0.143. The number of nitrogens with zero attached hydrogens (tertiary/aromatic N) is 4. The van der Waals surface area contributed by atoms with Crippen molar-refractivity contribution in [1.82, 2.24) is 20.4 Å². The van der Waals surface area contributed by atoms with Crippen LogP contribution in [0.15, 0.2) is 12.1 Å². The maximum Gasteiger partial charge on any atom is 0.282 e. The lowest BCUT2D eigenvalue weighted by atomic mass is 10.2. The van der Waals surface area contributed by atoms with Crippen LogP contribution in [-0.4, -0.2) is 39.7 Å². The summed E-state index contributed by atoms with van der Waals surface area (Å²) in [6.07, 6.45) is -4.68. The van der Waals surface area contributed by atoms with Gasteiger partial charge in [0.15, 0.2) is 0 Å². The molecule has 0 spiro atoms. The van der Waals surface area contributed by atoms with Crippen molar-refractivity contribution >= 4 is 0 Å². The molecule has 0 unspecified atom stereocenters. The summed E-state index contributed by atoms with van der Waals surface area (Å²) in [5, 5.41) is 22.2. The van der Waals surface area contributed by atoms with E-state index < -0.39 is 25.2 Å². The largest absolute Gasteiger partial charge is 0.480 e. The number of aryl methyl sites for hydroxylation is 1. The monoisotopic (exact) mass is 378 g/mol. The fourth-order valence-electron chi connectivity index (χ4n) is 1.80. The van der Waals surface area contributed by atoms with Gasteiger partial charge in [0.1, 0.15) is 11.4 Å². The van der Waals surface area contributed by atoms with E-state index in [1.165, 1.54) is 20.3 Å². The van der Waals surface area contributed by atoms with Gasteiger partial charge in [-0.25, -0.2) is 17.6 Å². The predicted molar refractivity (Wildman–Crippen MR) is 82.4 cm³/mol. The van der Waals surface area contributed by atoms with Crippen LogP contribution in [0.3, 0.4) is 0 Å². The van der Waals surface area contributed by atoms with Crippen LogP contribution in [0.1, 0.15) is 42.3 Å². The molecule has 0 radical (unpaired) electrons. The molecule has 7 nitrogen and oxygen atoms in total. The highest BCUT2D eigenvalue weighted by Gasteiger charge is 2.14. The van der Waals surface area contributed by atoms with Crippen LogP contribution in [0, 0.1) is 0 Å². The molecule has 2 heterocycles. The number of aliphatic hydroxyl groups excluding tert-OH is 1. The molecule has 2 rings (SSSR count). The maximum absolute atomic E-state index is 12.2. The molecule has 11 heteroatoms. The molecular weight excluding hydrogens is 360 g/mol. The molecule has 0 aliphatic rings. The lowest BCUT2D eigenvalue weighted by Crippen LogP contribution is -2.01. The molecule has 0 atom stereocenters. The first-order valence-corrected chi connectivity index (χ1v) is 7.35. The Kier molecular flexibility index (Phi) is 8.62. The summed E-state index contributed by atoms with van der Waals surface area (Å²) in [4.78, 5) is 0. The van der Waals surface area contributed by atoms with E-state index in [1.54, 1.807) is 0 Å². The molecule has 0 aliphatic carbocycles. The van der Waals surface area contributed by atoms with Crippen LogP contribution in [-0.2, 0) is 13.0 Å². The van der Waals surface area contributed by atoms with Gasteiger partial charge >= 0.3 is 0 Å². The molecule has 0 aliphatic heterocycles. The van der Waals surface area contributed by atoms with Crippen LogP contribution in [0.25, 0.3) is 0 Å². The second kappa shape index (κ2) is 10.4. The van der Waals surface area contributed by atoms with E-state index in [2.05, 4.69) is 20.4 Å². The Balaban J connectivity index is 0.000000260. The zero-order chi connectivity index (χ0) is 19.7. The van der Waals surface area contributed by atoms with Crippen LogP contribution >= 0.6 is 0 Å². The molecule has 2 aromatic rings. The lowest BCUT2D eigenvalue weighted by Gasteiger charge is -2.05. The predicted octanol–water partition coefficient (Wildman–Crippen LogP) is 2.90. The number of hydrogen-bond acceptors (Lipinski definition) is 7. The summed E-state index contributed by atoms with van der Waals surface area (Å²) in [5.41, 5.74) is 0.0723. The molecule has 0 fully saturated rings. The number of alkyl halides is 4. The maximum atomic E-state index is 12.2. The number of rotatable bonds is 6. The molecule has 144 valence electrons. The molecule has 0 amide bonds. The average Bonchev–Trinajstić information content (AvgIpc) is 2.66. The van der Waals surface area contributed by atoms with E-state index in [4.69, 9.17) is 14.6 Å². The number of halogens is 4. The number of ether oxygens (including phenoxy) is 2. The summed E-state index contributed by atoms with van der Waals surface area (Å²) in [7, 11) is 2.76. The summed E-state index contributed by atoms with van der Waals surface area (Å²) < 4.78 is 58.1. The van der Waals surface area contributed by atoms with Crippen molar-refractivity contribution in [2.24, 2.45) is 0 Å². The van der Waals surface area contributed by atoms with Gasteiger partial charge in [-0.15, -0.1) is 20.4 Å². The summed E-state index contributed by atoms with van der Waals surface area (Å²) in [6, 6.07) is 2.38. The van der Waals surface area contributed by atoms with Gasteiger partial charge in [-0.2, -0.15) is 0 Å². The summed E-state index contributed by atoms with van der Waals surface area (Å²) >= 11 is 0. The fourth-order valence-corrected chi connectivity index (χ4v) is 1.80. The Labute approximate surface area is 147 Å². The molecule has 0 saturated carbocycles. The minimum Gasteiger partial charge on any atom is -0.480 e. The molecule has 26 heavy (non-hydrogen) atoms. The Bertz CT molecular complexity index is 645. The Morgan fingerprint density at radius 2 is 1.27 bits per heavy atom. The van der Waals surface area contributed by atoms with Gasteiger partial charge in [0.25, 0.3) is 12.9 Å². The van der Waals surface area contributed by atoms with E-state index in [1.807, 2.05) is 6.92 Å². The highest BCUT2D eigenvalue weighted by atomic mass is 19.3. The topological polar surface area (TPSA) is 90.3 Å². The van der Waals surface area contributed by atoms with Crippen molar-refractivity contribution < 1.29 is 32.1 Å². The van der Waals surface area contributed by atoms with E-state index in [9.17, 15) is 17.6 Å². The SMILES string of the molecule is CCc1cc(C(F)F)nnc1OC.COc1nnc(C(F)F)cc1CO. The first kappa shape index (κ1) is 21.5. The Hall–Kier alpha value is -2.56. The fraction of sp³-hybridized carbons (Fsp3) is 0.467. The number of methoxy groups -OCH3 is 2. The average molecular weight is 378 g/mol. The van der Waals surface area contributed by atoms with Crippen LogP contribution < -0.4 is 9.47 Å². The second-order valence-corrected chi connectivity index (χ2v) is 4.72. The van der Waals surface area contributed by atoms with Crippen LogP contribution in [0.5, 0.6) is 11.8 Å². The third-order valence-electron chi connectivity index (χ3n) is 3.09. The first-order valence-electron chi connectivity index (χ1n) is 7.35. The van der Waals surface area contributed by atoms with E-state index in [0.717, 1.165) is 6.07 Å². The van der Waals surface area contributed by atoms with Crippen molar-refractivity contribution in [3.63, 3.8) is 0 Å². The normalized spacial score (nSPS) is 10.5. The zero-order valence-corrected chi connectivity index (χ0v) is 14.3. The van der Waals surface area contributed by atoms with Crippen molar-refractivity contribution in [2.45, 2.75) is 32.8 Å². The van der Waals surface area contributed by atoms with Gasteiger partial charge in [-0.3, -0.25) is 0 Å². The highest BCUT2D eigenvalue weighted by molar-refractivity contribution is 5.27. The summed E-state index contributed by atoms with van der Waals surface area (Å²) in [5.74, 6) is 0.374. The van der Waals surface area contributed by atoms with E-state index in [-0.39, 0.29) is 17.1 Å². The van der Waals surface area contributed by atoms with Gasteiger partial charge in [-0.05, 0) is 18.6 Å². The minimum atomic E-state index is -2.69. The Morgan fingerprint density at radius 1 is 0.846 bits per heavy atom. The van der Waals surface area contributed by atoms with Crippen molar-refractivity contribution in [1.29, 1.82) is 0 Å². The number of aliphatic hydroxyl groups is 1. The molecular formula is C15H18F4N4O3. The molecule has 2 aromatic heterocycles. The number of hydrogen-bond donors (Lipinski definition) is 1. The van der Waals surface area contributed by atoms with Crippen molar-refractivity contribution in [3.05, 3.63) is 34.6 Å². The van der Waals surface area contributed by atoms with Gasteiger partial charge in [-0.1, -0.05) is 6.92 Å². The zero-order valence-electron chi connectivity index (χ0n) is 14.3. The van der Waals surface area contributed by atoms with Gasteiger partial charge in [0.2, 0.25) is 11.8 Å². The van der Waals surface area contributed by atoms with Gasteiger partial charge in [0, 0.05) is 11.1 Å². The first-order chi connectivity index (χ1) is 12.4. The standard InChI is InChI=1S/C8H10F2N2O.C7H8F2N2O2/c1-3-5-4-6(7(9)10)11-12-8(5)13-2;1-13-7-4(3-12)2-5(6(8)9)10-11-7/h4,7H,3H2,1-2H3;2,6,12H,3H2,1H3. The third-order valence-corrected chi connectivity index (χ3v) is 3.09. The van der Waals surface area contributed by atoms with E-state index in [0.29, 0.717) is 17.9 Å².